The third-order valence-electron chi connectivity index (χ3n) is 2.04. The molecule has 1 N–H and O–H groups in total. The summed E-state index contributed by atoms with van der Waals surface area (Å²) in [5.74, 6) is 0.355. The third-order valence-corrected chi connectivity index (χ3v) is 2.33. The zero-order valence-corrected chi connectivity index (χ0v) is 9.11. The van der Waals surface area contributed by atoms with Gasteiger partial charge in [0.25, 0.3) is 0 Å². The molecule has 0 saturated heterocycles. The van der Waals surface area contributed by atoms with E-state index in [0.717, 1.165) is 0 Å². The topological polar surface area (TPSA) is 45.8 Å². The molecule has 3 nitrogen and oxygen atoms in total. The standard InChI is InChI=1S/C12H9ClN2O/c13-10(12-14-6-7-15-12)8-11(16)9-4-2-1-3-5-9/h1-8H,(H,14,15)/b10-8-. The number of allylic oxidation sites excluding steroid dienone is 1. The number of nitrogens with one attached hydrogen (secondary N) is 1. The lowest BCUT2D eigenvalue weighted by atomic mass is 10.1. The summed E-state index contributed by atoms with van der Waals surface area (Å²) < 4.78 is 0. The number of halogens is 1. The number of carbonyl (C=O) groups excluding carboxylic acids is 1. The highest BCUT2D eigenvalue weighted by molar-refractivity contribution is 6.50. The van der Waals surface area contributed by atoms with Crippen LogP contribution in [0, 0.1) is 0 Å². The first-order chi connectivity index (χ1) is 7.77. The van der Waals surface area contributed by atoms with Gasteiger partial charge in [-0.2, -0.15) is 0 Å². The molecule has 16 heavy (non-hydrogen) atoms. The molecule has 0 aliphatic carbocycles. The van der Waals surface area contributed by atoms with Crippen LogP contribution in [0.15, 0.2) is 48.8 Å². The van der Waals surface area contributed by atoms with E-state index < -0.39 is 0 Å². The zero-order valence-electron chi connectivity index (χ0n) is 8.35. The molecule has 1 aromatic carbocycles. The van der Waals surface area contributed by atoms with Gasteiger partial charge in [0.1, 0.15) is 5.82 Å². The van der Waals surface area contributed by atoms with Gasteiger partial charge in [-0.05, 0) is 0 Å². The summed E-state index contributed by atoms with van der Waals surface area (Å²) in [5, 5.41) is 0.304. The summed E-state index contributed by atoms with van der Waals surface area (Å²) in [6.07, 6.45) is 4.59. The largest absolute Gasteiger partial charge is 0.344 e. The van der Waals surface area contributed by atoms with Gasteiger partial charge in [-0.1, -0.05) is 41.9 Å². The fraction of sp³-hybridized carbons (Fsp3) is 0. The van der Waals surface area contributed by atoms with Crippen LogP contribution < -0.4 is 0 Å². The number of nitrogens with zero attached hydrogens (tertiary/aromatic N) is 1. The van der Waals surface area contributed by atoms with E-state index in [9.17, 15) is 4.79 Å². The average Bonchev–Trinajstić information content (AvgIpc) is 2.83. The molecule has 0 fully saturated rings. The van der Waals surface area contributed by atoms with Crippen LogP contribution in [0.2, 0.25) is 0 Å². The highest BCUT2D eigenvalue weighted by Gasteiger charge is 2.05. The zero-order chi connectivity index (χ0) is 11.4. The molecule has 0 aliphatic heterocycles. The van der Waals surface area contributed by atoms with Crippen LogP contribution in [-0.4, -0.2) is 15.8 Å². The number of carbonyl (C=O) groups is 1. The van der Waals surface area contributed by atoms with Gasteiger partial charge in [0.05, 0.1) is 5.03 Å². The van der Waals surface area contributed by atoms with Crippen LogP contribution in [0.1, 0.15) is 16.2 Å². The minimum absolute atomic E-state index is 0.137. The van der Waals surface area contributed by atoms with E-state index in [2.05, 4.69) is 9.97 Å². The Bertz CT molecular complexity index is 503. The molecule has 0 unspecified atom stereocenters. The van der Waals surface area contributed by atoms with Crippen molar-refractivity contribution in [1.29, 1.82) is 0 Å². The highest BCUT2D eigenvalue weighted by atomic mass is 35.5. The Labute approximate surface area is 97.8 Å². The maximum atomic E-state index is 11.7. The number of hydrogen-bond acceptors (Lipinski definition) is 2. The number of ketones is 1. The molecule has 2 rings (SSSR count). The lowest BCUT2D eigenvalue weighted by Gasteiger charge is -1.96. The van der Waals surface area contributed by atoms with Crippen molar-refractivity contribution in [2.75, 3.05) is 0 Å². The summed E-state index contributed by atoms with van der Waals surface area (Å²) in [4.78, 5) is 18.5. The van der Waals surface area contributed by atoms with Crippen molar-refractivity contribution in [2.45, 2.75) is 0 Å². The van der Waals surface area contributed by atoms with E-state index in [4.69, 9.17) is 11.6 Å². The number of rotatable bonds is 3. The number of hydrogen-bond donors (Lipinski definition) is 1. The first-order valence-electron chi connectivity index (χ1n) is 4.73. The predicted molar refractivity (Wildman–Crippen MR) is 63.2 cm³/mol. The van der Waals surface area contributed by atoms with E-state index in [1.807, 2.05) is 18.2 Å². The molecule has 0 amide bonds. The second-order valence-electron chi connectivity index (χ2n) is 3.16. The minimum atomic E-state index is -0.137. The van der Waals surface area contributed by atoms with Crippen LogP contribution >= 0.6 is 11.6 Å². The Balaban J connectivity index is 2.22. The van der Waals surface area contributed by atoms with Crippen molar-refractivity contribution in [3.8, 4) is 0 Å². The van der Waals surface area contributed by atoms with Crippen LogP contribution in [0.25, 0.3) is 5.03 Å². The lowest BCUT2D eigenvalue weighted by Crippen LogP contribution is -1.94. The van der Waals surface area contributed by atoms with E-state index in [0.29, 0.717) is 16.4 Å². The maximum absolute atomic E-state index is 11.7. The number of H-pyrrole nitrogens is 1. The van der Waals surface area contributed by atoms with E-state index >= 15 is 0 Å². The predicted octanol–water partition coefficient (Wildman–Crippen LogP) is 2.87. The summed E-state index contributed by atoms with van der Waals surface area (Å²) in [6, 6.07) is 8.95. The Kier molecular flexibility index (Phi) is 3.17. The van der Waals surface area contributed by atoms with E-state index in [1.54, 1.807) is 24.5 Å². The summed E-state index contributed by atoms with van der Waals surface area (Å²) in [6.45, 7) is 0. The van der Waals surface area contributed by atoms with Crippen LogP contribution in [0.3, 0.4) is 0 Å². The minimum Gasteiger partial charge on any atom is -0.344 e. The Morgan fingerprint density at radius 1 is 1.31 bits per heavy atom. The monoisotopic (exact) mass is 232 g/mol. The first kappa shape index (κ1) is 10.6. The SMILES string of the molecule is O=C(/C=C(\Cl)c1ncc[nH]1)c1ccccc1. The van der Waals surface area contributed by atoms with Crippen LogP contribution in [0.4, 0.5) is 0 Å². The summed E-state index contributed by atoms with van der Waals surface area (Å²) in [7, 11) is 0. The lowest BCUT2D eigenvalue weighted by molar-refractivity contribution is 0.104. The molecule has 0 radical (unpaired) electrons. The molecule has 0 bridgehead atoms. The molecule has 0 atom stereocenters. The number of benzene rings is 1. The quantitative estimate of drug-likeness (QED) is 0.653. The fourth-order valence-electron chi connectivity index (χ4n) is 1.27. The molecular formula is C12H9ClN2O. The molecule has 1 heterocycles. The van der Waals surface area contributed by atoms with Crippen molar-refractivity contribution in [3.63, 3.8) is 0 Å². The number of imidazole rings is 1. The molecule has 80 valence electrons. The van der Waals surface area contributed by atoms with Crippen molar-refractivity contribution in [2.24, 2.45) is 0 Å². The van der Waals surface area contributed by atoms with Gasteiger partial charge in [-0.15, -0.1) is 0 Å². The van der Waals surface area contributed by atoms with Gasteiger partial charge in [0.15, 0.2) is 5.78 Å². The smallest absolute Gasteiger partial charge is 0.187 e. The van der Waals surface area contributed by atoms with Crippen LogP contribution in [0.5, 0.6) is 0 Å². The molecule has 0 aliphatic rings. The first-order valence-corrected chi connectivity index (χ1v) is 5.11. The Morgan fingerprint density at radius 2 is 2.06 bits per heavy atom. The fourth-order valence-corrected chi connectivity index (χ4v) is 1.47. The summed E-state index contributed by atoms with van der Waals surface area (Å²) in [5.41, 5.74) is 0.604. The van der Waals surface area contributed by atoms with Crippen LogP contribution in [-0.2, 0) is 0 Å². The summed E-state index contributed by atoms with van der Waals surface area (Å²) >= 11 is 5.94. The van der Waals surface area contributed by atoms with E-state index in [-0.39, 0.29) is 5.78 Å². The normalized spacial score (nSPS) is 11.4. The molecule has 1 aromatic heterocycles. The molecule has 0 saturated carbocycles. The Morgan fingerprint density at radius 3 is 2.69 bits per heavy atom. The van der Waals surface area contributed by atoms with Crippen molar-refractivity contribution in [3.05, 3.63) is 60.2 Å². The molecular weight excluding hydrogens is 224 g/mol. The van der Waals surface area contributed by atoms with Gasteiger partial charge in [-0.25, -0.2) is 4.98 Å². The van der Waals surface area contributed by atoms with Gasteiger partial charge in [0, 0.05) is 24.0 Å². The molecule has 4 heteroatoms. The van der Waals surface area contributed by atoms with Gasteiger partial charge in [-0.3, -0.25) is 4.79 Å². The highest BCUT2D eigenvalue weighted by Crippen LogP contribution is 2.15. The van der Waals surface area contributed by atoms with Crippen molar-refractivity contribution in [1.82, 2.24) is 9.97 Å². The average molecular weight is 233 g/mol. The molecule has 2 aromatic rings. The number of aromatic amines is 1. The Hall–Kier alpha value is -1.87. The maximum Gasteiger partial charge on any atom is 0.187 e. The second-order valence-corrected chi connectivity index (χ2v) is 3.57. The van der Waals surface area contributed by atoms with Gasteiger partial charge < -0.3 is 4.98 Å². The van der Waals surface area contributed by atoms with Gasteiger partial charge in [0.2, 0.25) is 0 Å². The van der Waals surface area contributed by atoms with Gasteiger partial charge >= 0.3 is 0 Å². The third kappa shape index (κ3) is 2.38. The van der Waals surface area contributed by atoms with Crippen molar-refractivity contribution >= 4 is 22.4 Å². The second kappa shape index (κ2) is 4.77. The van der Waals surface area contributed by atoms with Crippen molar-refractivity contribution < 1.29 is 4.79 Å². The number of aromatic nitrogens is 2. The van der Waals surface area contributed by atoms with E-state index in [1.165, 1.54) is 6.08 Å². The molecule has 0 spiro atoms.